The van der Waals surface area contributed by atoms with Crippen molar-refractivity contribution in [2.75, 3.05) is 26.2 Å². The van der Waals surface area contributed by atoms with Crippen molar-refractivity contribution in [3.05, 3.63) is 22.3 Å². The summed E-state index contributed by atoms with van der Waals surface area (Å²) in [5.41, 5.74) is 0.0835. The molecule has 1 saturated heterocycles. The van der Waals surface area contributed by atoms with Crippen LogP contribution in [-0.2, 0) is 0 Å². The molecule has 0 aromatic carbocycles. The van der Waals surface area contributed by atoms with Gasteiger partial charge in [0.2, 0.25) is 5.88 Å². The third-order valence-electron chi connectivity index (χ3n) is 2.23. The first-order valence-electron chi connectivity index (χ1n) is 4.91. The molecular formula is C10H11BrN2O3. The van der Waals surface area contributed by atoms with Gasteiger partial charge < -0.3 is 9.84 Å². The molecule has 1 N–H and O–H groups in total. The van der Waals surface area contributed by atoms with E-state index in [0.29, 0.717) is 11.1 Å². The fourth-order valence-electron chi connectivity index (χ4n) is 1.26. The highest BCUT2D eigenvalue weighted by atomic mass is 79.9. The SMILES string of the molecule is O=C(O)c1cc(Br)cnc1OCCN1CC1. The number of ether oxygens (including phenoxy) is 1. The van der Waals surface area contributed by atoms with Gasteiger partial charge in [0.1, 0.15) is 12.2 Å². The first kappa shape index (κ1) is 11.3. The molecule has 0 unspecified atom stereocenters. The van der Waals surface area contributed by atoms with Crippen molar-refractivity contribution in [2.24, 2.45) is 0 Å². The first-order valence-corrected chi connectivity index (χ1v) is 5.70. The summed E-state index contributed by atoms with van der Waals surface area (Å²) in [6.45, 7) is 3.48. The van der Waals surface area contributed by atoms with Crippen LogP contribution in [0.5, 0.6) is 5.88 Å². The van der Waals surface area contributed by atoms with Crippen LogP contribution in [-0.4, -0.2) is 47.2 Å². The van der Waals surface area contributed by atoms with Gasteiger partial charge in [-0.3, -0.25) is 4.90 Å². The van der Waals surface area contributed by atoms with Crippen LogP contribution in [0.25, 0.3) is 0 Å². The molecule has 2 heterocycles. The third-order valence-corrected chi connectivity index (χ3v) is 2.67. The van der Waals surface area contributed by atoms with Crippen molar-refractivity contribution < 1.29 is 14.6 Å². The lowest BCUT2D eigenvalue weighted by Crippen LogP contribution is -2.13. The van der Waals surface area contributed by atoms with Gasteiger partial charge in [-0.05, 0) is 22.0 Å². The lowest BCUT2D eigenvalue weighted by molar-refractivity contribution is 0.0691. The molecule has 1 aromatic heterocycles. The number of aromatic carboxylic acids is 1. The lowest BCUT2D eigenvalue weighted by Gasteiger charge is -2.08. The number of hydrogen-bond acceptors (Lipinski definition) is 4. The number of rotatable bonds is 5. The van der Waals surface area contributed by atoms with Gasteiger partial charge in [-0.1, -0.05) is 0 Å². The fourth-order valence-corrected chi connectivity index (χ4v) is 1.59. The maximum absolute atomic E-state index is 10.9. The van der Waals surface area contributed by atoms with E-state index in [1.165, 1.54) is 12.3 Å². The predicted octanol–water partition coefficient (Wildman–Crippen LogP) is 1.24. The minimum Gasteiger partial charge on any atom is -0.477 e. The van der Waals surface area contributed by atoms with Gasteiger partial charge in [-0.2, -0.15) is 0 Å². The van der Waals surface area contributed by atoms with E-state index in [1.807, 2.05) is 0 Å². The number of pyridine rings is 1. The van der Waals surface area contributed by atoms with E-state index in [-0.39, 0.29) is 11.4 Å². The summed E-state index contributed by atoms with van der Waals surface area (Å²) in [5, 5.41) is 8.96. The molecular weight excluding hydrogens is 276 g/mol. The summed E-state index contributed by atoms with van der Waals surface area (Å²) < 4.78 is 5.98. The molecule has 0 radical (unpaired) electrons. The van der Waals surface area contributed by atoms with Crippen LogP contribution in [0.15, 0.2) is 16.7 Å². The van der Waals surface area contributed by atoms with E-state index < -0.39 is 5.97 Å². The zero-order valence-corrected chi connectivity index (χ0v) is 10.1. The normalized spacial score (nSPS) is 14.8. The molecule has 1 aliphatic heterocycles. The molecule has 0 bridgehead atoms. The van der Waals surface area contributed by atoms with Crippen LogP contribution in [0, 0.1) is 0 Å². The standard InChI is InChI=1S/C10H11BrN2O3/c11-7-5-8(10(14)15)9(12-6-7)16-4-3-13-1-2-13/h5-6H,1-4H2,(H,14,15). The minimum atomic E-state index is -1.03. The van der Waals surface area contributed by atoms with Gasteiger partial charge in [-0.15, -0.1) is 0 Å². The van der Waals surface area contributed by atoms with E-state index in [2.05, 4.69) is 25.8 Å². The molecule has 0 atom stereocenters. The summed E-state index contributed by atoms with van der Waals surface area (Å²) in [5.74, 6) is -0.854. The zero-order chi connectivity index (χ0) is 11.5. The average Bonchev–Trinajstić information content (AvgIpc) is 3.04. The van der Waals surface area contributed by atoms with Gasteiger partial charge in [-0.25, -0.2) is 9.78 Å². The predicted molar refractivity (Wildman–Crippen MR) is 60.8 cm³/mol. The Kier molecular flexibility index (Phi) is 3.40. The van der Waals surface area contributed by atoms with Crippen LogP contribution >= 0.6 is 15.9 Å². The van der Waals surface area contributed by atoms with E-state index >= 15 is 0 Å². The Labute approximate surface area is 101 Å². The van der Waals surface area contributed by atoms with Gasteiger partial charge in [0.05, 0.1) is 0 Å². The molecule has 86 valence electrons. The summed E-state index contributed by atoms with van der Waals surface area (Å²) in [7, 11) is 0. The molecule has 2 rings (SSSR count). The van der Waals surface area contributed by atoms with Gasteiger partial charge >= 0.3 is 5.97 Å². The summed E-state index contributed by atoms with van der Waals surface area (Å²) in [6.07, 6.45) is 1.53. The molecule has 1 aliphatic rings. The van der Waals surface area contributed by atoms with Crippen molar-refractivity contribution in [2.45, 2.75) is 0 Å². The Morgan fingerprint density at radius 2 is 2.38 bits per heavy atom. The van der Waals surface area contributed by atoms with Gasteiger partial charge in [0.15, 0.2) is 0 Å². The Morgan fingerprint density at radius 1 is 1.62 bits per heavy atom. The van der Waals surface area contributed by atoms with Crippen LogP contribution < -0.4 is 4.74 Å². The fraction of sp³-hybridized carbons (Fsp3) is 0.400. The molecule has 0 amide bonds. The number of hydrogen-bond donors (Lipinski definition) is 1. The van der Waals surface area contributed by atoms with E-state index in [4.69, 9.17) is 9.84 Å². The summed E-state index contributed by atoms with van der Waals surface area (Å²) in [4.78, 5) is 17.1. The topological polar surface area (TPSA) is 62.4 Å². The average molecular weight is 287 g/mol. The lowest BCUT2D eigenvalue weighted by atomic mass is 10.3. The molecule has 6 heteroatoms. The van der Waals surface area contributed by atoms with E-state index in [0.717, 1.165) is 19.6 Å². The van der Waals surface area contributed by atoms with Crippen molar-refractivity contribution in [1.29, 1.82) is 0 Å². The zero-order valence-electron chi connectivity index (χ0n) is 8.52. The first-order chi connectivity index (χ1) is 7.66. The van der Waals surface area contributed by atoms with E-state index in [9.17, 15) is 4.79 Å². The van der Waals surface area contributed by atoms with Crippen LogP contribution in [0.2, 0.25) is 0 Å². The van der Waals surface area contributed by atoms with Crippen molar-refractivity contribution in [3.8, 4) is 5.88 Å². The second kappa shape index (κ2) is 4.80. The molecule has 0 spiro atoms. The van der Waals surface area contributed by atoms with Crippen molar-refractivity contribution in [1.82, 2.24) is 9.88 Å². The number of halogens is 1. The molecule has 5 nitrogen and oxygen atoms in total. The van der Waals surface area contributed by atoms with Crippen molar-refractivity contribution in [3.63, 3.8) is 0 Å². The third kappa shape index (κ3) is 2.93. The summed E-state index contributed by atoms with van der Waals surface area (Å²) >= 11 is 3.18. The van der Waals surface area contributed by atoms with Crippen LogP contribution in [0.3, 0.4) is 0 Å². The molecule has 0 aliphatic carbocycles. The highest BCUT2D eigenvalue weighted by Crippen LogP contribution is 2.20. The summed E-state index contributed by atoms with van der Waals surface area (Å²) in [6, 6.07) is 1.49. The monoisotopic (exact) mass is 286 g/mol. The van der Waals surface area contributed by atoms with Crippen molar-refractivity contribution >= 4 is 21.9 Å². The molecule has 1 aromatic rings. The molecule has 1 fully saturated rings. The van der Waals surface area contributed by atoms with E-state index in [1.54, 1.807) is 0 Å². The number of carbonyl (C=O) groups is 1. The second-order valence-corrected chi connectivity index (χ2v) is 4.42. The molecule has 0 saturated carbocycles. The van der Waals surface area contributed by atoms with Gasteiger partial charge in [0.25, 0.3) is 0 Å². The van der Waals surface area contributed by atoms with Gasteiger partial charge in [0, 0.05) is 30.3 Å². The van der Waals surface area contributed by atoms with Crippen LogP contribution in [0.1, 0.15) is 10.4 Å². The molecule has 16 heavy (non-hydrogen) atoms. The maximum atomic E-state index is 10.9. The maximum Gasteiger partial charge on any atom is 0.341 e. The highest BCUT2D eigenvalue weighted by Gasteiger charge is 2.18. The Bertz CT molecular complexity index is 407. The largest absolute Gasteiger partial charge is 0.477 e. The Balaban J connectivity index is 2.02. The van der Waals surface area contributed by atoms with Crippen LogP contribution in [0.4, 0.5) is 0 Å². The smallest absolute Gasteiger partial charge is 0.341 e. The number of aromatic nitrogens is 1. The second-order valence-electron chi connectivity index (χ2n) is 3.50. The quantitative estimate of drug-likeness (QED) is 0.825. The Morgan fingerprint density at radius 3 is 3.00 bits per heavy atom. The minimum absolute atomic E-state index is 0.0835. The highest BCUT2D eigenvalue weighted by molar-refractivity contribution is 9.10. The number of carboxylic acid groups (broad SMARTS) is 1. The Hall–Kier alpha value is -1.14. The number of nitrogens with zero attached hydrogens (tertiary/aromatic N) is 2. The number of carboxylic acids is 1.